The molecular weight excluding hydrogens is 284 g/mol. The molecule has 2 aromatic rings. The fourth-order valence-corrected chi connectivity index (χ4v) is 2.95. The van der Waals surface area contributed by atoms with Crippen molar-refractivity contribution in [2.24, 2.45) is 0 Å². The summed E-state index contributed by atoms with van der Waals surface area (Å²) in [6.07, 6.45) is -0.549. The Morgan fingerprint density at radius 1 is 1.33 bits per heavy atom. The largest absolute Gasteiger partial charge is 0.389 e. The second kappa shape index (κ2) is 6.74. The van der Waals surface area contributed by atoms with E-state index in [0.29, 0.717) is 12.2 Å². The SMILES string of the molecule is Cc1cc(CNC(=O)Nc2cccc(C(C)O)c2)sc1C. The van der Waals surface area contributed by atoms with Gasteiger partial charge in [-0.3, -0.25) is 0 Å². The van der Waals surface area contributed by atoms with Crippen molar-refractivity contribution >= 4 is 23.1 Å². The van der Waals surface area contributed by atoms with Gasteiger partial charge in [0.15, 0.2) is 0 Å². The van der Waals surface area contributed by atoms with Crippen molar-refractivity contribution < 1.29 is 9.90 Å². The van der Waals surface area contributed by atoms with Gasteiger partial charge in [0, 0.05) is 15.4 Å². The topological polar surface area (TPSA) is 61.4 Å². The Morgan fingerprint density at radius 3 is 2.71 bits per heavy atom. The molecule has 0 saturated carbocycles. The van der Waals surface area contributed by atoms with Crippen LogP contribution in [-0.2, 0) is 6.54 Å². The van der Waals surface area contributed by atoms with Gasteiger partial charge in [0.1, 0.15) is 0 Å². The molecule has 3 N–H and O–H groups in total. The Hall–Kier alpha value is -1.85. The Balaban J connectivity index is 1.91. The van der Waals surface area contributed by atoms with Crippen molar-refractivity contribution in [2.45, 2.75) is 33.4 Å². The standard InChI is InChI=1S/C16H20N2O2S/c1-10-7-15(21-12(10)3)9-17-16(20)18-14-6-4-5-13(8-14)11(2)19/h4-8,11,19H,9H2,1-3H3,(H2,17,18,20). The summed E-state index contributed by atoms with van der Waals surface area (Å²) in [7, 11) is 0. The second-order valence-corrected chi connectivity index (χ2v) is 6.40. The summed E-state index contributed by atoms with van der Waals surface area (Å²) in [6.45, 7) is 6.35. The minimum atomic E-state index is -0.549. The van der Waals surface area contributed by atoms with E-state index < -0.39 is 6.10 Å². The molecule has 0 aliphatic carbocycles. The van der Waals surface area contributed by atoms with E-state index in [9.17, 15) is 9.90 Å². The van der Waals surface area contributed by atoms with E-state index in [-0.39, 0.29) is 6.03 Å². The first-order valence-electron chi connectivity index (χ1n) is 6.84. The van der Waals surface area contributed by atoms with E-state index in [4.69, 9.17) is 0 Å². The van der Waals surface area contributed by atoms with Crippen LogP contribution in [0.15, 0.2) is 30.3 Å². The first-order chi connectivity index (χ1) is 9.95. The maximum atomic E-state index is 11.9. The van der Waals surface area contributed by atoms with Gasteiger partial charge in [0.2, 0.25) is 0 Å². The zero-order valence-electron chi connectivity index (χ0n) is 12.4. The molecular formula is C16H20N2O2S. The van der Waals surface area contributed by atoms with Crippen molar-refractivity contribution in [3.05, 3.63) is 51.2 Å². The van der Waals surface area contributed by atoms with E-state index in [2.05, 4.69) is 30.5 Å². The minimum Gasteiger partial charge on any atom is -0.389 e. The van der Waals surface area contributed by atoms with Gasteiger partial charge in [-0.15, -0.1) is 11.3 Å². The molecule has 4 nitrogen and oxygen atoms in total. The molecule has 0 fully saturated rings. The van der Waals surface area contributed by atoms with Gasteiger partial charge < -0.3 is 15.7 Å². The molecule has 2 rings (SSSR count). The van der Waals surface area contributed by atoms with Crippen molar-refractivity contribution in [1.29, 1.82) is 0 Å². The lowest BCUT2D eigenvalue weighted by Gasteiger charge is -2.09. The Morgan fingerprint density at radius 2 is 2.10 bits per heavy atom. The fraction of sp³-hybridized carbons (Fsp3) is 0.312. The molecule has 5 heteroatoms. The number of hydrogen-bond acceptors (Lipinski definition) is 3. The van der Waals surface area contributed by atoms with E-state index in [0.717, 1.165) is 10.4 Å². The number of rotatable bonds is 4. The van der Waals surface area contributed by atoms with Crippen LogP contribution in [0.1, 0.15) is 33.9 Å². The number of aliphatic hydroxyl groups is 1. The zero-order valence-corrected chi connectivity index (χ0v) is 13.3. The quantitative estimate of drug-likeness (QED) is 0.806. The van der Waals surface area contributed by atoms with Crippen LogP contribution in [0.3, 0.4) is 0 Å². The number of aryl methyl sites for hydroxylation is 2. The van der Waals surface area contributed by atoms with E-state index >= 15 is 0 Å². The normalized spacial score (nSPS) is 12.0. The summed E-state index contributed by atoms with van der Waals surface area (Å²) in [5.41, 5.74) is 2.70. The van der Waals surface area contributed by atoms with Gasteiger partial charge in [-0.1, -0.05) is 12.1 Å². The Labute approximate surface area is 128 Å². The molecule has 1 aromatic carbocycles. The molecule has 1 unspecified atom stereocenters. The fourth-order valence-electron chi connectivity index (χ4n) is 1.96. The van der Waals surface area contributed by atoms with Gasteiger partial charge in [-0.2, -0.15) is 0 Å². The van der Waals surface area contributed by atoms with Gasteiger partial charge in [-0.05, 0) is 50.1 Å². The average Bonchev–Trinajstić information content (AvgIpc) is 2.76. The third-order valence-electron chi connectivity index (χ3n) is 3.27. The zero-order chi connectivity index (χ0) is 15.4. The number of benzene rings is 1. The first-order valence-corrected chi connectivity index (χ1v) is 7.66. The van der Waals surface area contributed by atoms with Crippen LogP contribution in [0.2, 0.25) is 0 Å². The van der Waals surface area contributed by atoms with Crippen LogP contribution in [0, 0.1) is 13.8 Å². The minimum absolute atomic E-state index is 0.249. The Kier molecular flexibility index (Phi) is 4.98. The van der Waals surface area contributed by atoms with Crippen LogP contribution in [0.25, 0.3) is 0 Å². The molecule has 0 radical (unpaired) electrons. The number of carbonyl (C=O) groups is 1. The van der Waals surface area contributed by atoms with E-state index in [1.807, 2.05) is 12.1 Å². The number of aliphatic hydroxyl groups excluding tert-OH is 1. The molecule has 112 valence electrons. The van der Waals surface area contributed by atoms with Gasteiger partial charge >= 0.3 is 6.03 Å². The third kappa shape index (κ3) is 4.31. The average molecular weight is 304 g/mol. The van der Waals surface area contributed by atoms with E-state index in [1.54, 1.807) is 30.4 Å². The molecule has 1 aromatic heterocycles. The molecule has 21 heavy (non-hydrogen) atoms. The molecule has 1 atom stereocenters. The van der Waals surface area contributed by atoms with Crippen LogP contribution in [0.4, 0.5) is 10.5 Å². The lowest BCUT2D eigenvalue weighted by Crippen LogP contribution is -2.27. The number of nitrogens with one attached hydrogen (secondary N) is 2. The second-order valence-electron chi connectivity index (χ2n) is 5.06. The number of amides is 2. The van der Waals surface area contributed by atoms with Crippen molar-refractivity contribution in [2.75, 3.05) is 5.32 Å². The van der Waals surface area contributed by atoms with Gasteiger partial charge in [-0.25, -0.2) is 4.79 Å². The summed E-state index contributed by atoms with van der Waals surface area (Å²) < 4.78 is 0. The highest BCUT2D eigenvalue weighted by atomic mass is 32.1. The van der Waals surface area contributed by atoms with Crippen LogP contribution in [0.5, 0.6) is 0 Å². The monoisotopic (exact) mass is 304 g/mol. The summed E-state index contributed by atoms with van der Waals surface area (Å²) in [5, 5.41) is 15.1. The third-order valence-corrected chi connectivity index (χ3v) is 4.42. The number of urea groups is 1. The summed E-state index contributed by atoms with van der Waals surface area (Å²) in [6, 6.07) is 9.04. The molecule has 2 amide bonds. The molecule has 0 bridgehead atoms. The van der Waals surface area contributed by atoms with Crippen molar-refractivity contribution in [1.82, 2.24) is 5.32 Å². The molecule has 0 spiro atoms. The highest BCUT2D eigenvalue weighted by molar-refractivity contribution is 7.12. The summed E-state index contributed by atoms with van der Waals surface area (Å²) in [4.78, 5) is 14.3. The molecule has 1 heterocycles. The number of thiophene rings is 1. The van der Waals surface area contributed by atoms with Gasteiger partial charge in [0.25, 0.3) is 0 Å². The predicted octanol–water partition coefficient (Wildman–Crippen LogP) is 3.74. The molecule has 0 aliphatic rings. The lowest BCUT2D eigenvalue weighted by atomic mass is 10.1. The first kappa shape index (κ1) is 15.5. The van der Waals surface area contributed by atoms with Crippen molar-refractivity contribution in [3.8, 4) is 0 Å². The predicted molar refractivity (Wildman–Crippen MR) is 86.7 cm³/mol. The van der Waals surface area contributed by atoms with Gasteiger partial charge in [0.05, 0.1) is 12.6 Å². The molecule has 0 saturated heterocycles. The highest BCUT2D eigenvalue weighted by Gasteiger charge is 2.06. The Bertz CT molecular complexity index is 615. The summed E-state index contributed by atoms with van der Waals surface area (Å²) >= 11 is 1.69. The number of hydrogen-bond donors (Lipinski definition) is 3. The summed E-state index contributed by atoms with van der Waals surface area (Å²) in [5.74, 6) is 0. The lowest BCUT2D eigenvalue weighted by molar-refractivity contribution is 0.199. The highest BCUT2D eigenvalue weighted by Crippen LogP contribution is 2.20. The number of carbonyl (C=O) groups excluding carboxylic acids is 1. The smallest absolute Gasteiger partial charge is 0.319 e. The molecule has 0 aliphatic heterocycles. The van der Waals surface area contributed by atoms with Crippen LogP contribution < -0.4 is 10.6 Å². The maximum Gasteiger partial charge on any atom is 0.319 e. The van der Waals surface area contributed by atoms with Crippen LogP contribution in [-0.4, -0.2) is 11.1 Å². The number of anilines is 1. The maximum absolute atomic E-state index is 11.9. The van der Waals surface area contributed by atoms with Crippen LogP contribution >= 0.6 is 11.3 Å². The van der Waals surface area contributed by atoms with E-state index in [1.165, 1.54) is 10.4 Å². The van der Waals surface area contributed by atoms with Crippen molar-refractivity contribution in [3.63, 3.8) is 0 Å².